The van der Waals surface area contributed by atoms with E-state index in [4.69, 9.17) is 0 Å². The summed E-state index contributed by atoms with van der Waals surface area (Å²) < 4.78 is 27.7. The first-order valence-electron chi connectivity index (χ1n) is 10.1. The van der Waals surface area contributed by atoms with Gasteiger partial charge in [0.25, 0.3) is 0 Å². The number of amides is 1. The van der Waals surface area contributed by atoms with Gasteiger partial charge >= 0.3 is 0 Å². The minimum atomic E-state index is -3.47. The van der Waals surface area contributed by atoms with Gasteiger partial charge in [0.05, 0.1) is 10.9 Å². The maximum Gasteiger partial charge on any atom is 0.243 e. The molecule has 0 radical (unpaired) electrons. The molecule has 7 heteroatoms. The number of piperazine rings is 1. The molecule has 1 amide bonds. The summed E-state index contributed by atoms with van der Waals surface area (Å²) >= 11 is 0. The lowest BCUT2D eigenvalue weighted by Crippen LogP contribution is -2.55. The molecule has 2 fully saturated rings. The monoisotopic (exact) mass is 391 g/mol. The highest BCUT2D eigenvalue weighted by atomic mass is 32.2. The summed E-state index contributed by atoms with van der Waals surface area (Å²) in [7, 11) is -3.47. The normalized spacial score (nSPS) is 22.9. The van der Waals surface area contributed by atoms with E-state index in [-0.39, 0.29) is 11.9 Å². The van der Waals surface area contributed by atoms with Crippen LogP contribution >= 0.6 is 0 Å². The molecule has 0 aromatic heterocycles. The topological polar surface area (TPSA) is 69.7 Å². The standard InChI is InChI=1S/C20H29N3O3S/c1-15(20(24)21-18-7-8-18)22-10-12-23(13-11-22)27(25,26)19-9-6-16-4-2-3-5-17(16)14-19/h6,9,14-15,18H,2-5,7-8,10-13H2,1H3,(H,21,24)/t15-/m1/s1. The SMILES string of the molecule is C[C@H](C(=O)NC1CC1)N1CCN(S(=O)(=O)c2ccc3c(c2)CCCC3)CC1. The largest absolute Gasteiger partial charge is 0.352 e. The molecule has 1 saturated carbocycles. The van der Waals surface area contributed by atoms with E-state index < -0.39 is 10.0 Å². The number of hydrogen-bond acceptors (Lipinski definition) is 4. The molecule has 0 bridgehead atoms. The third-order valence-electron chi connectivity index (χ3n) is 6.08. The predicted octanol–water partition coefficient (Wildman–Crippen LogP) is 1.54. The predicted molar refractivity (Wildman–Crippen MR) is 104 cm³/mol. The number of aryl methyl sites for hydroxylation is 2. The summed E-state index contributed by atoms with van der Waals surface area (Å²) in [6.45, 7) is 3.94. The van der Waals surface area contributed by atoms with E-state index >= 15 is 0 Å². The van der Waals surface area contributed by atoms with Crippen LogP contribution in [0.5, 0.6) is 0 Å². The smallest absolute Gasteiger partial charge is 0.243 e. The fourth-order valence-electron chi connectivity index (χ4n) is 4.07. The quantitative estimate of drug-likeness (QED) is 0.827. The van der Waals surface area contributed by atoms with Crippen LogP contribution in [-0.4, -0.2) is 61.8 Å². The molecule has 1 aromatic carbocycles. The van der Waals surface area contributed by atoms with E-state index in [0.29, 0.717) is 37.1 Å². The van der Waals surface area contributed by atoms with Crippen LogP contribution in [0.2, 0.25) is 0 Å². The summed E-state index contributed by atoms with van der Waals surface area (Å²) in [5.41, 5.74) is 2.48. The molecule has 148 valence electrons. The van der Waals surface area contributed by atoms with E-state index in [2.05, 4.69) is 10.2 Å². The molecule has 1 atom stereocenters. The van der Waals surface area contributed by atoms with E-state index in [0.717, 1.165) is 32.1 Å². The average molecular weight is 392 g/mol. The van der Waals surface area contributed by atoms with Crippen LogP contribution in [0.4, 0.5) is 0 Å². The molecule has 1 N–H and O–H groups in total. The Morgan fingerprint density at radius 3 is 2.41 bits per heavy atom. The molecule has 6 nitrogen and oxygen atoms in total. The second kappa shape index (κ2) is 7.53. The number of carbonyl (C=O) groups excluding carboxylic acids is 1. The highest BCUT2D eigenvalue weighted by Gasteiger charge is 2.33. The van der Waals surface area contributed by atoms with Gasteiger partial charge in [0.1, 0.15) is 0 Å². The zero-order chi connectivity index (χ0) is 19.0. The lowest BCUT2D eigenvalue weighted by Gasteiger charge is -2.36. The van der Waals surface area contributed by atoms with E-state index in [9.17, 15) is 13.2 Å². The lowest BCUT2D eigenvalue weighted by atomic mass is 9.92. The number of hydrogen-bond donors (Lipinski definition) is 1. The van der Waals surface area contributed by atoms with Crippen molar-refractivity contribution in [3.63, 3.8) is 0 Å². The van der Waals surface area contributed by atoms with Gasteiger partial charge in [0.2, 0.25) is 15.9 Å². The van der Waals surface area contributed by atoms with Gasteiger partial charge in [-0.3, -0.25) is 9.69 Å². The first kappa shape index (κ1) is 18.9. The van der Waals surface area contributed by atoms with Crippen molar-refractivity contribution in [2.24, 2.45) is 0 Å². The van der Waals surface area contributed by atoms with Crippen molar-refractivity contribution in [3.05, 3.63) is 29.3 Å². The minimum Gasteiger partial charge on any atom is -0.352 e. The second-order valence-electron chi connectivity index (χ2n) is 8.04. The van der Waals surface area contributed by atoms with Crippen molar-refractivity contribution in [2.75, 3.05) is 26.2 Å². The first-order valence-corrected chi connectivity index (χ1v) is 11.6. The van der Waals surface area contributed by atoms with Crippen molar-refractivity contribution < 1.29 is 13.2 Å². The number of benzene rings is 1. The Hall–Kier alpha value is -1.44. The highest BCUT2D eigenvalue weighted by molar-refractivity contribution is 7.89. The van der Waals surface area contributed by atoms with Crippen molar-refractivity contribution >= 4 is 15.9 Å². The first-order chi connectivity index (χ1) is 12.9. The van der Waals surface area contributed by atoms with Crippen molar-refractivity contribution in [3.8, 4) is 0 Å². The number of nitrogens with one attached hydrogen (secondary N) is 1. The van der Waals surface area contributed by atoms with Gasteiger partial charge in [0.15, 0.2) is 0 Å². The molecule has 27 heavy (non-hydrogen) atoms. The Bertz CT molecular complexity index is 812. The third kappa shape index (κ3) is 4.05. The second-order valence-corrected chi connectivity index (χ2v) is 9.97. The van der Waals surface area contributed by atoms with E-state index in [1.165, 1.54) is 17.5 Å². The number of nitrogens with zero attached hydrogens (tertiary/aromatic N) is 2. The minimum absolute atomic E-state index is 0.0588. The van der Waals surface area contributed by atoms with Gasteiger partial charge < -0.3 is 5.32 Å². The van der Waals surface area contributed by atoms with Crippen LogP contribution < -0.4 is 5.32 Å². The molecule has 2 aliphatic carbocycles. The maximum atomic E-state index is 13.1. The van der Waals surface area contributed by atoms with Gasteiger partial charge in [-0.05, 0) is 68.7 Å². The maximum absolute atomic E-state index is 13.1. The molecule has 3 aliphatic rings. The summed E-state index contributed by atoms with van der Waals surface area (Å²) in [6, 6.07) is 5.77. The Kier molecular flexibility index (Phi) is 5.27. The van der Waals surface area contributed by atoms with E-state index in [1.54, 1.807) is 10.4 Å². The van der Waals surface area contributed by atoms with Crippen molar-refractivity contribution in [2.45, 2.75) is 62.4 Å². The van der Waals surface area contributed by atoms with Gasteiger partial charge in [-0.25, -0.2) is 8.42 Å². The third-order valence-corrected chi connectivity index (χ3v) is 7.98. The Labute approximate surface area is 162 Å². The summed E-state index contributed by atoms with van der Waals surface area (Å²) in [6.07, 6.45) is 6.50. The molecule has 1 heterocycles. The fraction of sp³-hybridized carbons (Fsp3) is 0.650. The molecule has 1 aromatic rings. The van der Waals surface area contributed by atoms with Crippen LogP contribution in [0, 0.1) is 0 Å². The summed E-state index contributed by atoms with van der Waals surface area (Å²) in [5.74, 6) is 0.0588. The Morgan fingerprint density at radius 1 is 1.07 bits per heavy atom. The zero-order valence-corrected chi connectivity index (χ0v) is 16.8. The Morgan fingerprint density at radius 2 is 1.74 bits per heavy atom. The molecule has 1 saturated heterocycles. The number of carbonyl (C=O) groups is 1. The van der Waals surface area contributed by atoms with Crippen LogP contribution in [0.3, 0.4) is 0 Å². The van der Waals surface area contributed by atoms with Crippen molar-refractivity contribution in [1.82, 2.24) is 14.5 Å². The molecule has 0 spiro atoms. The highest BCUT2D eigenvalue weighted by Crippen LogP contribution is 2.26. The van der Waals surface area contributed by atoms with Crippen LogP contribution in [0.1, 0.15) is 43.7 Å². The molecular weight excluding hydrogens is 362 g/mol. The van der Waals surface area contributed by atoms with Crippen LogP contribution in [0.25, 0.3) is 0 Å². The average Bonchev–Trinajstić information content (AvgIpc) is 3.51. The van der Waals surface area contributed by atoms with Gasteiger partial charge in [-0.15, -0.1) is 0 Å². The summed E-state index contributed by atoms with van der Waals surface area (Å²) in [4.78, 5) is 14.7. The number of sulfonamides is 1. The Balaban J connectivity index is 1.40. The number of rotatable bonds is 5. The van der Waals surface area contributed by atoms with E-state index in [1.807, 2.05) is 19.1 Å². The molecule has 4 rings (SSSR count). The van der Waals surface area contributed by atoms with Crippen molar-refractivity contribution in [1.29, 1.82) is 0 Å². The van der Waals surface area contributed by atoms with Gasteiger partial charge in [0, 0.05) is 32.2 Å². The van der Waals surface area contributed by atoms with Gasteiger partial charge in [-0.1, -0.05) is 6.07 Å². The molecule has 0 unspecified atom stereocenters. The number of fused-ring (bicyclic) bond motifs is 1. The fourth-order valence-corrected chi connectivity index (χ4v) is 5.54. The van der Waals surface area contributed by atoms with Gasteiger partial charge in [-0.2, -0.15) is 4.31 Å². The lowest BCUT2D eigenvalue weighted by molar-refractivity contribution is -0.126. The molecular formula is C20H29N3O3S. The van der Waals surface area contributed by atoms with Crippen LogP contribution in [0.15, 0.2) is 23.1 Å². The zero-order valence-electron chi connectivity index (χ0n) is 16.0. The molecule has 1 aliphatic heterocycles. The summed E-state index contributed by atoms with van der Waals surface area (Å²) in [5, 5.41) is 3.03. The van der Waals surface area contributed by atoms with Crippen LogP contribution in [-0.2, 0) is 27.7 Å².